The lowest BCUT2D eigenvalue weighted by Gasteiger charge is -2.14. The van der Waals surface area contributed by atoms with E-state index in [1.807, 2.05) is 13.8 Å². The van der Waals surface area contributed by atoms with Crippen LogP contribution in [0.2, 0.25) is 0 Å². The molecule has 1 amide bonds. The van der Waals surface area contributed by atoms with Gasteiger partial charge in [-0.2, -0.15) is 0 Å². The first-order valence-electron chi connectivity index (χ1n) is 9.55. The van der Waals surface area contributed by atoms with Crippen LogP contribution in [0.4, 0.5) is 0 Å². The van der Waals surface area contributed by atoms with Crippen molar-refractivity contribution < 1.29 is 22.7 Å². The summed E-state index contributed by atoms with van der Waals surface area (Å²) in [5.41, 5.74) is 1.59. The first kappa shape index (κ1) is 24.2. The Kier molecular flexibility index (Phi) is 8.69. The highest BCUT2D eigenvalue weighted by Gasteiger charge is 2.17. The van der Waals surface area contributed by atoms with E-state index in [-0.39, 0.29) is 17.2 Å². The highest BCUT2D eigenvalue weighted by molar-refractivity contribution is 9.10. The maximum Gasteiger partial charge on any atom is 0.242 e. The second-order valence-corrected chi connectivity index (χ2v) is 9.65. The zero-order chi connectivity index (χ0) is 22.3. The van der Waals surface area contributed by atoms with Crippen molar-refractivity contribution in [2.75, 3.05) is 27.3 Å². The fourth-order valence-electron chi connectivity index (χ4n) is 2.68. The molecule has 1 N–H and O–H groups in total. The van der Waals surface area contributed by atoms with Gasteiger partial charge in [0.25, 0.3) is 0 Å². The zero-order valence-corrected chi connectivity index (χ0v) is 20.0. The van der Waals surface area contributed by atoms with Crippen molar-refractivity contribution in [2.45, 2.75) is 31.7 Å². The van der Waals surface area contributed by atoms with Gasteiger partial charge in [0.15, 0.2) is 11.5 Å². The van der Waals surface area contributed by atoms with Crippen LogP contribution >= 0.6 is 15.9 Å². The SMILES string of the molecule is CCOc1cc(Br)c(CC(=O)NCc2ccc(S(=O)(=O)N(C)C)cc2)cc1OCC. The van der Waals surface area contributed by atoms with Gasteiger partial charge in [0, 0.05) is 25.1 Å². The van der Waals surface area contributed by atoms with E-state index >= 15 is 0 Å². The van der Waals surface area contributed by atoms with E-state index in [1.54, 1.807) is 24.3 Å². The van der Waals surface area contributed by atoms with E-state index in [4.69, 9.17) is 9.47 Å². The number of hydrogen-bond acceptors (Lipinski definition) is 5. The number of sulfonamides is 1. The molecule has 0 fully saturated rings. The van der Waals surface area contributed by atoms with Crippen LogP contribution in [0.15, 0.2) is 45.8 Å². The summed E-state index contributed by atoms with van der Waals surface area (Å²) in [5, 5.41) is 2.86. The minimum atomic E-state index is -3.47. The smallest absolute Gasteiger partial charge is 0.242 e. The Morgan fingerprint density at radius 3 is 2.13 bits per heavy atom. The molecular weight excluding hydrogens is 472 g/mol. The second kappa shape index (κ2) is 10.8. The molecule has 0 saturated heterocycles. The molecule has 0 bridgehead atoms. The summed E-state index contributed by atoms with van der Waals surface area (Å²) < 4.78 is 37.4. The van der Waals surface area contributed by atoms with Gasteiger partial charge in [-0.1, -0.05) is 28.1 Å². The van der Waals surface area contributed by atoms with E-state index in [9.17, 15) is 13.2 Å². The largest absolute Gasteiger partial charge is 0.490 e. The van der Waals surface area contributed by atoms with Gasteiger partial charge < -0.3 is 14.8 Å². The number of ether oxygens (including phenoxy) is 2. The first-order chi connectivity index (χ1) is 14.2. The summed E-state index contributed by atoms with van der Waals surface area (Å²) >= 11 is 3.49. The van der Waals surface area contributed by atoms with Crippen LogP contribution in [0.3, 0.4) is 0 Å². The third kappa shape index (κ3) is 6.20. The van der Waals surface area contributed by atoms with Crippen molar-refractivity contribution >= 4 is 31.9 Å². The Hall–Kier alpha value is -2.10. The van der Waals surface area contributed by atoms with Gasteiger partial charge in [-0.3, -0.25) is 4.79 Å². The molecule has 7 nitrogen and oxygen atoms in total. The van der Waals surface area contributed by atoms with E-state index in [0.29, 0.717) is 31.3 Å². The van der Waals surface area contributed by atoms with Gasteiger partial charge in [-0.25, -0.2) is 12.7 Å². The summed E-state index contributed by atoms with van der Waals surface area (Å²) in [6.07, 6.45) is 0.167. The van der Waals surface area contributed by atoms with Gasteiger partial charge in [-0.15, -0.1) is 0 Å². The molecule has 9 heteroatoms. The molecule has 2 aromatic rings. The Morgan fingerprint density at radius 1 is 1.03 bits per heavy atom. The number of carbonyl (C=O) groups excluding carboxylic acids is 1. The lowest BCUT2D eigenvalue weighted by Crippen LogP contribution is -2.25. The molecule has 0 saturated carbocycles. The highest BCUT2D eigenvalue weighted by Crippen LogP contribution is 2.34. The predicted molar refractivity (Wildman–Crippen MR) is 119 cm³/mol. The summed E-state index contributed by atoms with van der Waals surface area (Å²) in [4.78, 5) is 12.6. The van der Waals surface area contributed by atoms with Gasteiger partial charge in [-0.05, 0) is 49.2 Å². The Morgan fingerprint density at radius 2 is 1.60 bits per heavy atom. The fourth-order valence-corrected chi connectivity index (χ4v) is 4.04. The number of hydrogen-bond donors (Lipinski definition) is 1. The molecule has 0 spiro atoms. The lowest BCUT2D eigenvalue weighted by molar-refractivity contribution is -0.120. The summed E-state index contributed by atoms with van der Waals surface area (Å²) in [6, 6.07) is 10.1. The molecule has 2 aromatic carbocycles. The topological polar surface area (TPSA) is 84.9 Å². The monoisotopic (exact) mass is 498 g/mol. The Balaban J connectivity index is 2.03. The minimum Gasteiger partial charge on any atom is -0.490 e. The summed E-state index contributed by atoms with van der Waals surface area (Å²) in [7, 11) is -0.497. The van der Waals surface area contributed by atoms with Crippen LogP contribution in [0.25, 0.3) is 0 Å². The maximum absolute atomic E-state index is 12.4. The van der Waals surface area contributed by atoms with E-state index in [2.05, 4.69) is 21.2 Å². The first-order valence-corrected chi connectivity index (χ1v) is 11.8. The van der Waals surface area contributed by atoms with Gasteiger partial charge in [0.2, 0.25) is 15.9 Å². The number of rotatable bonds is 10. The highest BCUT2D eigenvalue weighted by atomic mass is 79.9. The van der Waals surface area contributed by atoms with Crippen molar-refractivity contribution in [3.63, 3.8) is 0 Å². The molecule has 0 aromatic heterocycles. The standard InChI is InChI=1S/C21H27BrN2O5S/c1-5-28-19-11-16(18(22)13-20(19)29-6-2)12-21(25)23-14-15-7-9-17(10-8-15)30(26,27)24(3)4/h7-11,13H,5-6,12,14H2,1-4H3,(H,23,25). The lowest BCUT2D eigenvalue weighted by atomic mass is 10.1. The maximum atomic E-state index is 12.4. The predicted octanol–water partition coefficient (Wildman–Crippen LogP) is 3.36. The third-order valence-electron chi connectivity index (χ3n) is 4.26. The summed E-state index contributed by atoms with van der Waals surface area (Å²) in [5.74, 6) is 1.07. The molecule has 30 heavy (non-hydrogen) atoms. The van der Waals surface area contributed by atoms with Crippen LogP contribution in [-0.4, -0.2) is 45.9 Å². The van der Waals surface area contributed by atoms with Crippen molar-refractivity contribution in [1.29, 1.82) is 0 Å². The molecule has 2 rings (SSSR count). The van der Waals surface area contributed by atoms with Gasteiger partial charge in [0.05, 0.1) is 24.5 Å². The number of benzene rings is 2. The molecule has 164 valence electrons. The van der Waals surface area contributed by atoms with Crippen molar-refractivity contribution in [2.24, 2.45) is 0 Å². The normalized spacial score (nSPS) is 11.4. The number of nitrogens with one attached hydrogen (secondary N) is 1. The molecule has 0 aliphatic heterocycles. The number of nitrogens with zero attached hydrogens (tertiary/aromatic N) is 1. The molecule has 0 heterocycles. The zero-order valence-electron chi connectivity index (χ0n) is 17.6. The van der Waals surface area contributed by atoms with Crippen molar-refractivity contribution in [3.8, 4) is 11.5 Å². The molecule has 0 atom stereocenters. The summed E-state index contributed by atoms with van der Waals surface area (Å²) in [6.45, 7) is 5.09. The fraction of sp³-hybridized carbons (Fsp3) is 0.381. The van der Waals surface area contributed by atoms with Crippen LogP contribution in [0.1, 0.15) is 25.0 Å². The van der Waals surface area contributed by atoms with Crippen LogP contribution < -0.4 is 14.8 Å². The van der Waals surface area contributed by atoms with E-state index in [0.717, 1.165) is 19.9 Å². The molecule has 0 unspecified atom stereocenters. The van der Waals surface area contributed by atoms with E-state index in [1.165, 1.54) is 26.2 Å². The Bertz CT molecular complexity index is 976. The second-order valence-electron chi connectivity index (χ2n) is 6.64. The van der Waals surface area contributed by atoms with Crippen LogP contribution in [0, 0.1) is 0 Å². The number of halogens is 1. The minimum absolute atomic E-state index is 0.160. The Labute approximate surface area is 186 Å². The molecule has 0 aliphatic rings. The number of amides is 1. The third-order valence-corrected chi connectivity index (χ3v) is 6.82. The van der Waals surface area contributed by atoms with Crippen molar-refractivity contribution in [1.82, 2.24) is 9.62 Å². The molecule has 0 aliphatic carbocycles. The quantitative estimate of drug-likeness (QED) is 0.542. The average Bonchev–Trinajstić information content (AvgIpc) is 2.70. The molecular formula is C21H27BrN2O5S. The van der Waals surface area contributed by atoms with Gasteiger partial charge >= 0.3 is 0 Å². The van der Waals surface area contributed by atoms with Gasteiger partial charge in [0.1, 0.15) is 0 Å². The average molecular weight is 499 g/mol. The molecule has 0 radical (unpaired) electrons. The van der Waals surface area contributed by atoms with E-state index < -0.39 is 10.0 Å². The van der Waals surface area contributed by atoms with Crippen LogP contribution in [0.5, 0.6) is 11.5 Å². The number of carbonyl (C=O) groups is 1. The van der Waals surface area contributed by atoms with Crippen LogP contribution in [-0.2, 0) is 27.8 Å². The van der Waals surface area contributed by atoms with Crippen molar-refractivity contribution in [3.05, 3.63) is 52.0 Å².